The highest BCUT2D eigenvalue weighted by atomic mass is 19.1. The van der Waals surface area contributed by atoms with Gasteiger partial charge in [-0.3, -0.25) is 19.1 Å². The van der Waals surface area contributed by atoms with Crippen LogP contribution in [0.25, 0.3) is 0 Å². The zero-order valence-electron chi connectivity index (χ0n) is 19.4. The average Bonchev–Trinajstić information content (AvgIpc) is 2.79. The third-order valence-corrected chi connectivity index (χ3v) is 5.91. The van der Waals surface area contributed by atoms with E-state index in [1.165, 1.54) is 10.1 Å². The Morgan fingerprint density at radius 3 is 2.47 bits per heavy atom. The van der Waals surface area contributed by atoms with E-state index in [4.69, 9.17) is 4.98 Å². The predicted octanol–water partition coefficient (Wildman–Crippen LogP) is 3.52. The van der Waals surface area contributed by atoms with Crippen LogP contribution in [0.2, 0.25) is 0 Å². The SMILES string of the molecule is CC(C)c1nc2c(c(=O)n1CC(=O)NCc1cc(F)cc(F)c1)CCN(Cc1ccccc1)C2. The van der Waals surface area contributed by atoms with Crippen molar-refractivity contribution >= 4 is 5.91 Å². The van der Waals surface area contributed by atoms with Crippen molar-refractivity contribution in [3.8, 4) is 0 Å². The van der Waals surface area contributed by atoms with Crippen LogP contribution in [0.4, 0.5) is 8.78 Å². The van der Waals surface area contributed by atoms with Crippen molar-refractivity contribution in [3.05, 3.63) is 98.7 Å². The van der Waals surface area contributed by atoms with Crippen molar-refractivity contribution in [3.63, 3.8) is 0 Å². The number of nitrogens with zero attached hydrogens (tertiary/aromatic N) is 3. The second-order valence-corrected chi connectivity index (χ2v) is 8.94. The van der Waals surface area contributed by atoms with Crippen LogP contribution in [0, 0.1) is 11.6 Å². The zero-order chi connectivity index (χ0) is 24.2. The molecule has 34 heavy (non-hydrogen) atoms. The monoisotopic (exact) mass is 466 g/mol. The van der Waals surface area contributed by atoms with Crippen LogP contribution in [-0.4, -0.2) is 26.9 Å². The first kappa shape index (κ1) is 23.8. The molecule has 0 aliphatic carbocycles. The first-order chi connectivity index (χ1) is 16.3. The molecule has 0 bridgehead atoms. The number of fused-ring (bicyclic) bond motifs is 1. The number of carbonyl (C=O) groups is 1. The molecule has 0 saturated heterocycles. The maximum atomic E-state index is 13.4. The van der Waals surface area contributed by atoms with Gasteiger partial charge >= 0.3 is 0 Å². The number of nitrogens with one attached hydrogen (secondary N) is 1. The summed E-state index contributed by atoms with van der Waals surface area (Å²) < 4.78 is 28.2. The lowest BCUT2D eigenvalue weighted by molar-refractivity contribution is -0.121. The normalized spacial score (nSPS) is 13.7. The Morgan fingerprint density at radius 1 is 1.09 bits per heavy atom. The molecule has 4 rings (SSSR count). The molecule has 2 aromatic carbocycles. The van der Waals surface area contributed by atoms with Gasteiger partial charge in [0.1, 0.15) is 24.0 Å². The molecule has 3 aromatic rings. The summed E-state index contributed by atoms with van der Waals surface area (Å²) in [5.41, 5.74) is 2.74. The molecule has 8 heteroatoms. The summed E-state index contributed by atoms with van der Waals surface area (Å²) in [6, 6.07) is 13.3. The molecule has 0 saturated carbocycles. The van der Waals surface area contributed by atoms with Crippen molar-refractivity contribution in [2.24, 2.45) is 0 Å². The van der Waals surface area contributed by atoms with Gasteiger partial charge in [0.05, 0.1) is 5.69 Å². The minimum Gasteiger partial charge on any atom is -0.350 e. The van der Waals surface area contributed by atoms with Crippen LogP contribution in [0.5, 0.6) is 0 Å². The molecule has 1 aliphatic rings. The molecule has 1 aromatic heterocycles. The van der Waals surface area contributed by atoms with Crippen LogP contribution in [0.1, 0.15) is 48.0 Å². The van der Waals surface area contributed by atoms with Crippen LogP contribution >= 0.6 is 0 Å². The van der Waals surface area contributed by atoms with Crippen molar-refractivity contribution in [1.29, 1.82) is 0 Å². The average molecular weight is 467 g/mol. The van der Waals surface area contributed by atoms with Gasteiger partial charge in [0.2, 0.25) is 5.91 Å². The van der Waals surface area contributed by atoms with Crippen molar-refractivity contribution in [2.75, 3.05) is 6.54 Å². The van der Waals surface area contributed by atoms with E-state index in [2.05, 4.69) is 22.3 Å². The van der Waals surface area contributed by atoms with Gasteiger partial charge in [-0.2, -0.15) is 0 Å². The lowest BCUT2D eigenvalue weighted by Gasteiger charge is -2.29. The van der Waals surface area contributed by atoms with Crippen LogP contribution in [0.15, 0.2) is 53.3 Å². The number of halogens is 2. The molecule has 0 spiro atoms. The van der Waals surface area contributed by atoms with Gasteiger partial charge in [-0.15, -0.1) is 0 Å². The number of amides is 1. The summed E-state index contributed by atoms with van der Waals surface area (Å²) in [7, 11) is 0. The Labute approximate surface area is 197 Å². The quantitative estimate of drug-likeness (QED) is 0.579. The zero-order valence-corrected chi connectivity index (χ0v) is 19.4. The first-order valence-corrected chi connectivity index (χ1v) is 11.4. The third-order valence-electron chi connectivity index (χ3n) is 5.91. The molecule has 1 N–H and O–H groups in total. The molecule has 178 valence electrons. The molecule has 1 amide bonds. The van der Waals surface area contributed by atoms with Crippen LogP contribution in [-0.2, 0) is 37.4 Å². The Kier molecular flexibility index (Phi) is 7.17. The Bertz CT molecular complexity index is 1220. The van der Waals surface area contributed by atoms with E-state index in [0.717, 1.165) is 37.0 Å². The highest BCUT2D eigenvalue weighted by Crippen LogP contribution is 2.20. The minimum absolute atomic E-state index is 0.0356. The maximum Gasteiger partial charge on any atom is 0.257 e. The van der Waals surface area contributed by atoms with Gasteiger partial charge in [0.15, 0.2) is 0 Å². The van der Waals surface area contributed by atoms with Gasteiger partial charge in [0, 0.05) is 43.7 Å². The molecule has 2 heterocycles. The van der Waals surface area contributed by atoms with E-state index in [0.29, 0.717) is 29.9 Å². The molecule has 6 nitrogen and oxygen atoms in total. The van der Waals surface area contributed by atoms with E-state index >= 15 is 0 Å². The van der Waals surface area contributed by atoms with Crippen LogP contribution in [0.3, 0.4) is 0 Å². The maximum absolute atomic E-state index is 13.4. The second kappa shape index (κ2) is 10.3. The molecular formula is C26H28F2N4O2. The number of aromatic nitrogens is 2. The van der Waals surface area contributed by atoms with Crippen LogP contribution < -0.4 is 10.9 Å². The Morgan fingerprint density at radius 2 is 1.79 bits per heavy atom. The molecular weight excluding hydrogens is 438 g/mol. The van der Waals surface area contributed by atoms with Gasteiger partial charge in [-0.1, -0.05) is 44.2 Å². The van der Waals surface area contributed by atoms with E-state index in [1.807, 2.05) is 32.0 Å². The van der Waals surface area contributed by atoms with Gasteiger partial charge in [-0.25, -0.2) is 13.8 Å². The third kappa shape index (κ3) is 5.56. The topological polar surface area (TPSA) is 67.2 Å². The fourth-order valence-corrected chi connectivity index (χ4v) is 4.28. The van der Waals surface area contributed by atoms with Crippen molar-refractivity contribution < 1.29 is 13.6 Å². The van der Waals surface area contributed by atoms with Crippen molar-refractivity contribution in [2.45, 2.75) is 52.4 Å². The summed E-state index contributed by atoms with van der Waals surface area (Å²) in [5.74, 6) is -1.34. The molecule has 0 atom stereocenters. The lowest BCUT2D eigenvalue weighted by Crippen LogP contribution is -2.41. The summed E-state index contributed by atoms with van der Waals surface area (Å²) in [5, 5.41) is 2.64. The molecule has 1 aliphatic heterocycles. The lowest BCUT2D eigenvalue weighted by atomic mass is 10.0. The summed E-state index contributed by atoms with van der Waals surface area (Å²) >= 11 is 0. The standard InChI is InChI=1S/C26H28F2N4O2/c1-17(2)25-30-23-15-31(14-18-6-4-3-5-7-18)9-8-22(23)26(34)32(25)16-24(33)29-13-19-10-20(27)12-21(28)11-19/h3-7,10-12,17H,8-9,13-16H2,1-2H3,(H,29,33). The molecule has 0 radical (unpaired) electrons. The number of carbonyl (C=O) groups excluding carboxylic acids is 1. The molecule has 0 unspecified atom stereocenters. The number of hydrogen-bond acceptors (Lipinski definition) is 4. The van der Waals surface area contributed by atoms with E-state index in [-0.39, 0.29) is 24.6 Å². The minimum atomic E-state index is -0.706. The fourth-order valence-electron chi connectivity index (χ4n) is 4.28. The van der Waals surface area contributed by atoms with E-state index in [1.54, 1.807) is 0 Å². The fraction of sp³-hybridized carbons (Fsp3) is 0.346. The second-order valence-electron chi connectivity index (χ2n) is 8.94. The summed E-state index contributed by atoms with van der Waals surface area (Å²) in [6.07, 6.45) is 0.566. The number of benzene rings is 2. The smallest absolute Gasteiger partial charge is 0.257 e. The van der Waals surface area contributed by atoms with Crippen molar-refractivity contribution in [1.82, 2.24) is 19.8 Å². The highest BCUT2D eigenvalue weighted by Gasteiger charge is 2.25. The number of rotatable bonds is 7. The predicted molar refractivity (Wildman–Crippen MR) is 125 cm³/mol. The summed E-state index contributed by atoms with van der Waals surface area (Å²) in [6.45, 7) is 5.73. The van der Waals surface area contributed by atoms with Gasteiger partial charge in [-0.05, 0) is 29.7 Å². The Balaban J connectivity index is 1.51. The van der Waals surface area contributed by atoms with E-state index < -0.39 is 17.5 Å². The Hall–Kier alpha value is -3.39. The number of hydrogen-bond donors (Lipinski definition) is 1. The highest BCUT2D eigenvalue weighted by molar-refractivity contribution is 5.75. The largest absolute Gasteiger partial charge is 0.350 e. The summed E-state index contributed by atoms with van der Waals surface area (Å²) in [4.78, 5) is 33.0. The van der Waals surface area contributed by atoms with Gasteiger partial charge < -0.3 is 5.32 Å². The van der Waals surface area contributed by atoms with E-state index in [9.17, 15) is 18.4 Å². The molecule has 0 fully saturated rings. The van der Waals surface area contributed by atoms with Gasteiger partial charge in [0.25, 0.3) is 5.56 Å². The first-order valence-electron chi connectivity index (χ1n) is 11.4.